The third-order valence-electron chi connectivity index (χ3n) is 5.96. The second kappa shape index (κ2) is 2.70. The van der Waals surface area contributed by atoms with Crippen molar-refractivity contribution in [2.45, 2.75) is 52.9 Å². The highest BCUT2D eigenvalue weighted by atomic mass is 14.7. The van der Waals surface area contributed by atoms with E-state index in [2.05, 4.69) is 27.4 Å². The van der Waals surface area contributed by atoms with Gasteiger partial charge in [-0.1, -0.05) is 32.9 Å². The SMILES string of the molecule is C=C1CCC[C@]2(C)CC[C@H]3[C@@H]([C@@H]12)C3(C)C. The van der Waals surface area contributed by atoms with E-state index in [0.29, 0.717) is 10.8 Å². The summed E-state index contributed by atoms with van der Waals surface area (Å²) in [6.45, 7) is 11.9. The van der Waals surface area contributed by atoms with E-state index < -0.39 is 0 Å². The molecule has 3 aliphatic rings. The molecule has 0 nitrogen and oxygen atoms in total. The Labute approximate surface area is 94.1 Å². The molecule has 3 fully saturated rings. The third-order valence-corrected chi connectivity index (χ3v) is 5.96. The van der Waals surface area contributed by atoms with Crippen LogP contribution in [0.2, 0.25) is 0 Å². The fourth-order valence-corrected chi connectivity index (χ4v) is 4.98. The summed E-state index contributed by atoms with van der Waals surface area (Å²) in [5.74, 6) is 2.86. The molecule has 0 aliphatic heterocycles. The third kappa shape index (κ3) is 1.14. The molecule has 15 heavy (non-hydrogen) atoms. The predicted molar refractivity (Wildman–Crippen MR) is 64.6 cm³/mol. The van der Waals surface area contributed by atoms with E-state index in [1.54, 1.807) is 5.57 Å². The second-order valence-electron chi connectivity index (χ2n) is 7.14. The lowest BCUT2D eigenvalue weighted by molar-refractivity contribution is 0.0923. The van der Waals surface area contributed by atoms with E-state index >= 15 is 0 Å². The van der Waals surface area contributed by atoms with Crippen LogP contribution in [0.25, 0.3) is 0 Å². The minimum atomic E-state index is 0.615. The molecule has 3 rings (SSSR count). The Morgan fingerprint density at radius 1 is 1.20 bits per heavy atom. The van der Waals surface area contributed by atoms with Crippen LogP contribution in [0.3, 0.4) is 0 Å². The summed E-state index contributed by atoms with van der Waals surface area (Å²) in [5, 5.41) is 0. The molecular formula is C15H24. The molecule has 84 valence electrons. The zero-order valence-electron chi connectivity index (χ0n) is 10.5. The summed E-state index contributed by atoms with van der Waals surface area (Å²) in [7, 11) is 0. The highest BCUT2D eigenvalue weighted by molar-refractivity contribution is 5.24. The van der Waals surface area contributed by atoms with Crippen LogP contribution in [-0.4, -0.2) is 0 Å². The zero-order chi connectivity index (χ0) is 10.8. The van der Waals surface area contributed by atoms with Crippen molar-refractivity contribution in [2.75, 3.05) is 0 Å². The lowest BCUT2D eigenvalue weighted by Gasteiger charge is -2.46. The van der Waals surface area contributed by atoms with E-state index in [1.807, 2.05) is 0 Å². The normalized spacial score (nSPS) is 51.9. The Hall–Kier alpha value is -0.260. The van der Waals surface area contributed by atoms with E-state index in [-0.39, 0.29) is 0 Å². The average molecular weight is 204 g/mol. The van der Waals surface area contributed by atoms with Crippen molar-refractivity contribution in [3.63, 3.8) is 0 Å². The summed E-state index contributed by atoms with van der Waals surface area (Å²) in [5.41, 5.74) is 2.83. The lowest BCUT2D eigenvalue weighted by Crippen LogP contribution is -2.37. The van der Waals surface area contributed by atoms with Gasteiger partial charge < -0.3 is 0 Å². The van der Waals surface area contributed by atoms with Crippen LogP contribution in [0.1, 0.15) is 52.9 Å². The van der Waals surface area contributed by atoms with Crippen LogP contribution in [-0.2, 0) is 0 Å². The Kier molecular flexibility index (Phi) is 1.79. The molecule has 3 saturated carbocycles. The number of allylic oxidation sites excluding steroid dienone is 1. The van der Waals surface area contributed by atoms with Gasteiger partial charge in [-0.05, 0) is 60.7 Å². The van der Waals surface area contributed by atoms with Crippen molar-refractivity contribution < 1.29 is 0 Å². The first kappa shape index (κ1) is 9.93. The van der Waals surface area contributed by atoms with Gasteiger partial charge in [-0.3, -0.25) is 0 Å². The van der Waals surface area contributed by atoms with E-state index in [0.717, 1.165) is 17.8 Å². The molecule has 0 spiro atoms. The molecule has 0 bridgehead atoms. The molecule has 0 amide bonds. The lowest BCUT2D eigenvalue weighted by atomic mass is 9.58. The van der Waals surface area contributed by atoms with Gasteiger partial charge in [0.15, 0.2) is 0 Å². The minimum absolute atomic E-state index is 0.615. The molecule has 0 aromatic rings. The monoisotopic (exact) mass is 204 g/mol. The van der Waals surface area contributed by atoms with Crippen LogP contribution in [0.4, 0.5) is 0 Å². The van der Waals surface area contributed by atoms with Gasteiger partial charge in [0, 0.05) is 0 Å². The Bertz CT molecular complexity index is 312. The topological polar surface area (TPSA) is 0 Å². The smallest absolute Gasteiger partial charge is 0.0116 e. The predicted octanol–water partition coefficient (Wildman–Crippen LogP) is 4.42. The van der Waals surface area contributed by atoms with Gasteiger partial charge in [0.1, 0.15) is 0 Å². The highest BCUT2D eigenvalue weighted by Gasteiger charge is 2.66. The van der Waals surface area contributed by atoms with Gasteiger partial charge in [-0.25, -0.2) is 0 Å². The first-order chi connectivity index (χ1) is 6.97. The molecule has 0 aromatic heterocycles. The zero-order valence-corrected chi connectivity index (χ0v) is 10.5. The van der Waals surface area contributed by atoms with Crippen LogP contribution in [0, 0.1) is 28.6 Å². The summed E-state index contributed by atoms with van der Waals surface area (Å²) in [4.78, 5) is 0. The van der Waals surface area contributed by atoms with Gasteiger partial charge in [0.2, 0.25) is 0 Å². The van der Waals surface area contributed by atoms with Gasteiger partial charge >= 0.3 is 0 Å². The van der Waals surface area contributed by atoms with E-state index in [4.69, 9.17) is 0 Å². The fraction of sp³-hybridized carbons (Fsp3) is 0.867. The van der Waals surface area contributed by atoms with E-state index in [9.17, 15) is 0 Å². The molecule has 0 N–H and O–H groups in total. The Morgan fingerprint density at radius 2 is 1.93 bits per heavy atom. The summed E-state index contributed by atoms with van der Waals surface area (Å²) in [6, 6.07) is 0. The fourth-order valence-electron chi connectivity index (χ4n) is 4.98. The van der Waals surface area contributed by atoms with Crippen LogP contribution >= 0.6 is 0 Å². The molecule has 0 heteroatoms. The summed E-state index contributed by atoms with van der Waals surface area (Å²) < 4.78 is 0. The van der Waals surface area contributed by atoms with Crippen LogP contribution in [0.15, 0.2) is 12.2 Å². The van der Waals surface area contributed by atoms with Crippen molar-refractivity contribution >= 4 is 0 Å². The largest absolute Gasteiger partial charge is 0.0995 e. The van der Waals surface area contributed by atoms with Crippen molar-refractivity contribution in [3.8, 4) is 0 Å². The van der Waals surface area contributed by atoms with Crippen LogP contribution in [0.5, 0.6) is 0 Å². The molecule has 3 aliphatic carbocycles. The first-order valence-corrected chi connectivity index (χ1v) is 6.64. The molecular weight excluding hydrogens is 180 g/mol. The summed E-state index contributed by atoms with van der Waals surface area (Å²) >= 11 is 0. The number of fused-ring (bicyclic) bond motifs is 3. The maximum atomic E-state index is 4.39. The van der Waals surface area contributed by atoms with Crippen molar-refractivity contribution in [3.05, 3.63) is 12.2 Å². The standard InChI is InChI=1S/C15H24/c1-10-6-5-8-15(4)9-7-11-13(12(10)15)14(11,2)3/h11-13H,1,5-9H2,2-4H3/t11-,12+,13-,15+/m0/s1. The molecule has 4 atom stereocenters. The quantitative estimate of drug-likeness (QED) is 0.513. The maximum absolute atomic E-state index is 4.39. The van der Waals surface area contributed by atoms with Gasteiger partial charge in [0.05, 0.1) is 0 Å². The maximum Gasteiger partial charge on any atom is -0.0116 e. The molecule has 0 unspecified atom stereocenters. The van der Waals surface area contributed by atoms with Crippen LogP contribution < -0.4 is 0 Å². The van der Waals surface area contributed by atoms with E-state index in [1.165, 1.54) is 32.1 Å². The van der Waals surface area contributed by atoms with Gasteiger partial charge in [-0.2, -0.15) is 0 Å². The van der Waals surface area contributed by atoms with Gasteiger partial charge in [-0.15, -0.1) is 0 Å². The molecule has 0 heterocycles. The van der Waals surface area contributed by atoms with Crippen molar-refractivity contribution in [2.24, 2.45) is 28.6 Å². The first-order valence-electron chi connectivity index (χ1n) is 6.64. The highest BCUT2D eigenvalue weighted by Crippen LogP contribution is 2.73. The van der Waals surface area contributed by atoms with Crippen molar-refractivity contribution in [1.82, 2.24) is 0 Å². The molecule has 0 radical (unpaired) electrons. The number of hydrogen-bond donors (Lipinski definition) is 0. The second-order valence-corrected chi connectivity index (χ2v) is 7.14. The summed E-state index contributed by atoms with van der Waals surface area (Å²) in [6.07, 6.45) is 7.10. The number of rotatable bonds is 0. The Morgan fingerprint density at radius 3 is 2.67 bits per heavy atom. The Balaban J connectivity index is 1.95. The minimum Gasteiger partial charge on any atom is -0.0995 e. The average Bonchev–Trinajstić information content (AvgIpc) is 2.68. The molecule has 0 saturated heterocycles. The number of hydrogen-bond acceptors (Lipinski definition) is 0. The van der Waals surface area contributed by atoms with Crippen molar-refractivity contribution in [1.29, 1.82) is 0 Å². The molecule has 0 aromatic carbocycles. The van der Waals surface area contributed by atoms with Gasteiger partial charge in [0.25, 0.3) is 0 Å².